The molecule has 1 aliphatic rings. The molecule has 0 spiro atoms. The number of benzene rings is 1. The minimum absolute atomic E-state index is 0.0947. The largest absolute Gasteiger partial charge is 0.292 e. The third kappa shape index (κ3) is 1.20. The van der Waals surface area contributed by atoms with E-state index >= 15 is 0 Å². The van der Waals surface area contributed by atoms with Crippen LogP contribution in [-0.2, 0) is 0 Å². The zero-order valence-electron chi connectivity index (χ0n) is 7.77. The topological polar surface area (TPSA) is 34.4 Å². The second-order valence-electron chi connectivity index (χ2n) is 3.47. The number of Topliss-reactive ketones (excluding diaryl/α,β-unsaturated/α-hetero) is 1. The standard InChI is InChI=1S/C11H7ClN2O/c12-8-1-2-9-7(5-8)6-10-11(15)3-4-13-14(9)10/h1-2,4-6H,3H2. The summed E-state index contributed by atoms with van der Waals surface area (Å²) >= 11 is 5.89. The van der Waals surface area contributed by atoms with Crippen molar-refractivity contribution in [1.82, 2.24) is 4.68 Å². The highest BCUT2D eigenvalue weighted by atomic mass is 35.5. The molecule has 2 heterocycles. The third-order valence-electron chi connectivity index (χ3n) is 2.50. The lowest BCUT2D eigenvalue weighted by atomic mass is 10.2. The summed E-state index contributed by atoms with van der Waals surface area (Å²) in [5.74, 6) is 0.0947. The fourth-order valence-electron chi connectivity index (χ4n) is 1.81. The quantitative estimate of drug-likeness (QED) is 0.670. The predicted molar refractivity (Wildman–Crippen MR) is 59.8 cm³/mol. The minimum atomic E-state index is 0.0947. The van der Waals surface area contributed by atoms with Crippen molar-refractivity contribution in [3.8, 4) is 0 Å². The Morgan fingerprint density at radius 3 is 3.07 bits per heavy atom. The Balaban J connectivity index is 2.41. The second-order valence-corrected chi connectivity index (χ2v) is 3.91. The van der Waals surface area contributed by atoms with Crippen molar-refractivity contribution in [1.29, 1.82) is 0 Å². The van der Waals surface area contributed by atoms with Gasteiger partial charge >= 0.3 is 0 Å². The highest BCUT2D eigenvalue weighted by Crippen LogP contribution is 2.25. The average molecular weight is 219 g/mol. The number of aromatic nitrogens is 1. The molecule has 15 heavy (non-hydrogen) atoms. The summed E-state index contributed by atoms with van der Waals surface area (Å²) in [5, 5.41) is 5.81. The number of carbonyl (C=O) groups is 1. The van der Waals surface area contributed by atoms with Crippen LogP contribution in [0.25, 0.3) is 10.9 Å². The molecule has 3 rings (SSSR count). The first-order valence-electron chi connectivity index (χ1n) is 4.63. The van der Waals surface area contributed by atoms with Crippen LogP contribution < -0.4 is 0 Å². The molecule has 4 heteroatoms. The number of rotatable bonds is 0. The lowest BCUT2D eigenvalue weighted by Crippen LogP contribution is -2.11. The first-order chi connectivity index (χ1) is 7.25. The summed E-state index contributed by atoms with van der Waals surface area (Å²) in [4.78, 5) is 11.6. The Hall–Kier alpha value is -1.61. The number of hydrogen-bond donors (Lipinski definition) is 0. The highest BCUT2D eigenvalue weighted by molar-refractivity contribution is 6.31. The number of nitrogens with zero attached hydrogens (tertiary/aromatic N) is 2. The van der Waals surface area contributed by atoms with Crippen LogP contribution in [0.4, 0.5) is 0 Å². The van der Waals surface area contributed by atoms with E-state index in [0.717, 1.165) is 10.9 Å². The summed E-state index contributed by atoms with van der Waals surface area (Å²) < 4.78 is 1.66. The van der Waals surface area contributed by atoms with E-state index in [9.17, 15) is 4.79 Å². The number of halogens is 1. The number of hydrogen-bond acceptors (Lipinski definition) is 2. The summed E-state index contributed by atoms with van der Waals surface area (Å²) in [6.45, 7) is 0. The highest BCUT2D eigenvalue weighted by Gasteiger charge is 2.17. The van der Waals surface area contributed by atoms with E-state index in [-0.39, 0.29) is 5.78 Å². The monoisotopic (exact) mass is 218 g/mol. The Kier molecular flexibility index (Phi) is 1.70. The molecule has 1 aromatic heterocycles. The molecule has 0 saturated heterocycles. The number of ketones is 1. The van der Waals surface area contributed by atoms with E-state index in [4.69, 9.17) is 11.6 Å². The lowest BCUT2D eigenvalue weighted by Gasteiger charge is -2.06. The van der Waals surface area contributed by atoms with Gasteiger partial charge in [-0.25, -0.2) is 4.68 Å². The van der Waals surface area contributed by atoms with Crippen LogP contribution in [-0.4, -0.2) is 16.7 Å². The summed E-state index contributed by atoms with van der Waals surface area (Å²) in [6, 6.07) is 7.34. The summed E-state index contributed by atoms with van der Waals surface area (Å²) in [6.07, 6.45) is 2.01. The first kappa shape index (κ1) is 8.68. The van der Waals surface area contributed by atoms with Crippen molar-refractivity contribution in [2.45, 2.75) is 6.42 Å². The van der Waals surface area contributed by atoms with Gasteiger partial charge in [0.2, 0.25) is 0 Å². The summed E-state index contributed by atoms with van der Waals surface area (Å²) in [5.41, 5.74) is 1.55. The van der Waals surface area contributed by atoms with E-state index in [1.54, 1.807) is 17.0 Å². The minimum Gasteiger partial charge on any atom is -0.292 e. The van der Waals surface area contributed by atoms with E-state index in [1.165, 1.54) is 0 Å². The van der Waals surface area contributed by atoms with Gasteiger partial charge in [0, 0.05) is 23.0 Å². The zero-order chi connectivity index (χ0) is 10.4. The van der Waals surface area contributed by atoms with Gasteiger partial charge in [-0.05, 0) is 24.3 Å². The Morgan fingerprint density at radius 2 is 2.20 bits per heavy atom. The number of carbonyl (C=O) groups excluding carboxylic acids is 1. The van der Waals surface area contributed by atoms with Gasteiger partial charge in [0.1, 0.15) is 5.69 Å². The maximum absolute atomic E-state index is 11.6. The molecule has 0 N–H and O–H groups in total. The molecule has 0 bridgehead atoms. The molecule has 0 saturated carbocycles. The predicted octanol–water partition coefficient (Wildman–Crippen LogP) is 2.72. The van der Waals surface area contributed by atoms with Crippen LogP contribution in [0.15, 0.2) is 29.4 Å². The maximum atomic E-state index is 11.6. The van der Waals surface area contributed by atoms with Crippen LogP contribution in [0.1, 0.15) is 16.9 Å². The van der Waals surface area contributed by atoms with Crippen molar-refractivity contribution >= 4 is 34.5 Å². The second kappa shape index (κ2) is 2.94. The Labute approximate surface area is 91.0 Å². The fraction of sp³-hybridized carbons (Fsp3) is 0.0909. The van der Waals surface area contributed by atoms with Crippen molar-refractivity contribution in [3.05, 3.63) is 35.0 Å². The molecule has 74 valence electrons. The zero-order valence-corrected chi connectivity index (χ0v) is 8.53. The smallest absolute Gasteiger partial charge is 0.186 e. The molecule has 0 radical (unpaired) electrons. The molecule has 0 amide bonds. The van der Waals surface area contributed by atoms with Gasteiger partial charge in [0.05, 0.1) is 5.52 Å². The fourth-order valence-corrected chi connectivity index (χ4v) is 1.99. The van der Waals surface area contributed by atoms with Crippen molar-refractivity contribution in [2.24, 2.45) is 5.10 Å². The van der Waals surface area contributed by atoms with Crippen LogP contribution in [0.5, 0.6) is 0 Å². The van der Waals surface area contributed by atoms with Crippen LogP contribution in [0.2, 0.25) is 5.02 Å². The van der Waals surface area contributed by atoms with Gasteiger partial charge in [-0.2, -0.15) is 5.10 Å². The third-order valence-corrected chi connectivity index (χ3v) is 2.73. The molecule has 0 aliphatic carbocycles. The molecule has 2 aromatic rings. The number of fused-ring (bicyclic) bond motifs is 3. The van der Waals surface area contributed by atoms with Crippen LogP contribution >= 0.6 is 11.6 Å². The Bertz CT molecular complexity index is 598. The molecule has 0 atom stereocenters. The Morgan fingerprint density at radius 1 is 1.33 bits per heavy atom. The van der Waals surface area contributed by atoms with Gasteiger partial charge in [0.15, 0.2) is 5.78 Å². The molecule has 3 nitrogen and oxygen atoms in total. The normalized spacial score (nSPS) is 14.6. The summed E-state index contributed by atoms with van der Waals surface area (Å²) in [7, 11) is 0. The van der Waals surface area contributed by atoms with Gasteiger partial charge in [-0.1, -0.05) is 11.6 Å². The van der Waals surface area contributed by atoms with Crippen LogP contribution in [0.3, 0.4) is 0 Å². The SMILES string of the molecule is O=C1CC=Nn2c1cc1cc(Cl)ccc12. The van der Waals surface area contributed by atoms with Gasteiger partial charge in [0.25, 0.3) is 0 Å². The molecular weight excluding hydrogens is 212 g/mol. The maximum Gasteiger partial charge on any atom is 0.186 e. The van der Waals surface area contributed by atoms with Gasteiger partial charge < -0.3 is 0 Å². The van der Waals surface area contributed by atoms with E-state index in [1.807, 2.05) is 18.2 Å². The van der Waals surface area contributed by atoms with Crippen molar-refractivity contribution < 1.29 is 4.79 Å². The van der Waals surface area contributed by atoms with Crippen molar-refractivity contribution in [3.63, 3.8) is 0 Å². The van der Waals surface area contributed by atoms with Crippen LogP contribution in [0, 0.1) is 0 Å². The molecule has 0 fully saturated rings. The average Bonchev–Trinajstić information content (AvgIpc) is 2.57. The molecular formula is C11H7ClN2O. The lowest BCUT2D eigenvalue weighted by molar-refractivity contribution is 0.0990. The van der Waals surface area contributed by atoms with E-state index in [0.29, 0.717) is 17.1 Å². The first-order valence-corrected chi connectivity index (χ1v) is 5.00. The molecule has 1 aromatic carbocycles. The van der Waals surface area contributed by atoms with Crippen molar-refractivity contribution in [2.75, 3.05) is 0 Å². The van der Waals surface area contributed by atoms with E-state index < -0.39 is 0 Å². The van der Waals surface area contributed by atoms with E-state index in [2.05, 4.69) is 5.10 Å². The van der Waals surface area contributed by atoms with Gasteiger partial charge in [-0.15, -0.1) is 0 Å². The molecule has 0 unspecified atom stereocenters. The van der Waals surface area contributed by atoms with Gasteiger partial charge in [-0.3, -0.25) is 4.79 Å². The molecule has 1 aliphatic heterocycles.